The Bertz CT molecular complexity index is 1140. The molecular formula is C25H29N5O3. The number of carbonyl (C=O) groups is 1. The Kier molecular flexibility index (Phi) is 6.13. The normalized spacial score (nSPS) is 18.6. The Labute approximate surface area is 193 Å². The third-order valence-electron chi connectivity index (χ3n) is 6.51. The summed E-state index contributed by atoms with van der Waals surface area (Å²) in [6.07, 6.45) is 2.38. The highest BCUT2D eigenvalue weighted by Gasteiger charge is 2.34. The molecule has 0 aliphatic carbocycles. The van der Waals surface area contributed by atoms with Gasteiger partial charge in [-0.25, -0.2) is 4.79 Å². The fourth-order valence-corrected chi connectivity index (χ4v) is 4.78. The van der Waals surface area contributed by atoms with Crippen molar-refractivity contribution in [3.05, 3.63) is 65.9 Å². The second-order valence-electron chi connectivity index (χ2n) is 8.54. The van der Waals surface area contributed by atoms with E-state index in [-0.39, 0.29) is 11.9 Å². The molecular weight excluding hydrogens is 418 g/mol. The summed E-state index contributed by atoms with van der Waals surface area (Å²) >= 11 is 0. The zero-order valence-electron chi connectivity index (χ0n) is 18.6. The highest BCUT2D eigenvalue weighted by atomic mass is 16.5. The Morgan fingerprint density at radius 2 is 1.88 bits per heavy atom. The van der Waals surface area contributed by atoms with Crippen LogP contribution in [0.3, 0.4) is 0 Å². The fourth-order valence-electron chi connectivity index (χ4n) is 4.78. The molecule has 2 aliphatic rings. The number of carboxylic acid groups (broad SMARTS) is 1. The molecule has 2 aromatic carbocycles. The van der Waals surface area contributed by atoms with Gasteiger partial charge in [0.1, 0.15) is 0 Å². The number of morpholine rings is 1. The van der Waals surface area contributed by atoms with Gasteiger partial charge in [0, 0.05) is 44.3 Å². The molecule has 1 aromatic heterocycles. The molecule has 1 fully saturated rings. The number of fused-ring (bicyclic) bond motifs is 2. The number of rotatable bonds is 7. The van der Waals surface area contributed by atoms with Crippen LogP contribution in [0.2, 0.25) is 0 Å². The largest absolute Gasteiger partial charge is 0.478 e. The number of aromatic nitrogens is 1. The van der Waals surface area contributed by atoms with Crippen molar-refractivity contribution < 1.29 is 14.6 Å². The van der Waals surface area contributed by atoms with Gasteiger partial charge in [-0.15, -0.1) is 0 Å². The van der Waals surface area contributed by atoms with E-state index in [4.69, 9.17) is 10.5 Å². The number of anilines is 2. The zero-order chi connectivity index (χ0) is 22.8. The number of para-hydroxylation sites is 1. The number of ether oxygens (including phenoxy) is 1. The van der Waals surface area contributed by atoms with Gasteiger partial charge in [-0.1, -0.05) is 24.3 Å². The van der Waals surface area contributed by atoms with Gasteiger partial charge in [0.05, 0.1) is 35.7 Å². The minimum atomic E-state index is -0.941. The van der Waals surface area contributed by atoms with Crippen molar-refractivity contribution in [1.29, 1.82) is 0 Å². The molecule has 172 valence electrons. The van der Waals surface area contributed by atoms with Crippen LogP contribution in [0, 0.1) is 0 Å². The summed E-state index contributed by atoms with van der Waals surface area (Å²) in [5.74, 6) is -0.941. The van der Waals surface area contributed by atoms with Crippen LogP contribution in [0.4, 0.5) is 11.4 Å². The Morgan fingerprint density at radius 1 is 1.06 bits per heavy atom. The van der Waals surface area contributed by atoms with Crippen LogP contribution in [-0.2, 0) is 11.3 Å². The van der Waals surface area contributed by atoms with E-state index in [0.717, 1.165) is 73.7 Å². The molecule has 3 aromatic rings. The number of hydrogen-bond donors (Lipinski definition) is 2. The number of nitrogens with two attached hydrogens (primary N) is 1. The molecule has 0 spiro atoms. The minimum Gasteiger partial charge on any atom is -0.478 e. The third-order valence-corrected chi connectivity index (χ3v) is 6.51. The molecule has 33 heavy (non-hydrogen) atoms. The molecule has 8 nitrogen and oxygen atoms in total. The summed E-state index contributed by atoms with van der Waals surface area (Å²) in [7, 11) is 0. The second-order valence-corrected chi connectivity index (χ2v) is 8.54. The van der Waals surface area contributed by atoms with E-state index in [2.05, 4.69) is 25.8 Å². The van der Waals surface area contributed by atoms with Crippen LogP contribution in [0.5, 0.6) is 0 Å². The predicted octanol–water partition coefficient (Wildman–Crippen LogP) is 2.72. The Balaban J connectivity index is 1.41. The average Bonchev–Trinajstić information content (AvgIpc) is 3.10. The van der Waals surface area contributed by atoms with E-state index in [9.17, 15) is 9.90 Å². The number of nitrogens with zero attached hydrogens (tertiary/aromatic N) is 4. The van der Waals surface area contributed by atoms with Crippen molar-refractivity contribution in [1.82, 2.24) is 9.88 Å². The summed E-state index contributed by atoms with van der Waals surface area (Å²) in [6.45, 7) is 5.83. The van der Waals surface area contributed by atoms with Crippen molar-refractivity contribution >= 4 is 28.2 Å². The van der Waals surface area contributed by atoms with Gasteiger partial charge in [-0.3, -0.25) is 15.6 Å². The quantitative estimate of drug-likeness (QED) is 0.571. The van der Waals surface area contributed by atoms with Crippen molar-refractivity contribution in [2.24, 2.45) is 5.73 Å². The fraction of sp³-hybridized carbons (Fsp3) is 0.360. The van der Waals surface area contributed by atoms with E-state index in [1.165, 1.54) is 0 Å². The molecule has 2 aliphatic heterocycles. The number of aromatic carboxylic acids is 1. The van der Waals surface area contributed by atoms with Crippen LogP contribution < -0.4 is 15.5 Å². The summed E-state index contributed by atoms with van der Waals surface area (Å²) < 4.78 is 5.44. The SMILES string of the molecule is NC1N(CCCN2CCOCC2)c2ccc(C(=O)O)cc2N1Cc1cccc2cccnc12. The lowest BCUT2D eigenvalue weighted by molar-refractivity contribution is 0.0376. The minimum absolute atomic E-state index is 0.261. The number of pyridine rings is 1. The Hall–Kier alpha value is -3.20. The van der Waals surface area contributed by atoms with Crippen molar-refractivity contribution in [3.63, 3.8) is 0 Å². The van der Waals surface area contributed by atoms with Gasteiger partial charge in [0.15, 0.2) is 6.29 Å². The molecule has 0 saturated carbocycles. The summed E-state index contributed by atoms with van der Waals surface area (Å²) in [6, 6.07) is 15.4. The van der Waals surface area contributed by atoms with Crippen LogP contribution >= 0.6 is 0 Å². The summed E-state index contributed by atoms with van der Waals surface area (Å²) in [4.78, 5) is 22.9. The Morgan fingerprint density at radius 3 is 2.70 bits per heavy atom. The van der Waals surface area contributed by atoms with Crippen molar-refractivity contribution in [2.75, 3.05) is 49.2 Å². The van der Waals surface area contributed by atoms with E-state index in [1.54, 1.807) is 18.3 Å². The van der Waals surface area contributed by atoms with Crippen LogP contribution in [0.25, 0.3) is 10.9 Å². The van der Waals surface area contributed by atoms with Crippen LogP contribution in [0.15, 0.2) is 54.7 Å². The maximum Gasteiger partial charge on any atom is 0.335 e. The maximum atomic E-state index is 11.7. The first-order valence-corrected chi connectivity index (χ1v) is 11.4. The first-order chi connectivity index (χ1) is 16.1. The van der Waals surface area contributed by atoms with Gasteiger partial charge in [-0.05, 0) is 36.2 Å². The highest BCUT2D eigenvalue weighted by molar-refractivity contribution is 5.92. The number of hydrogen-bond acceptors (Lipinski definition) is 7. The average molecular weight is 448 g/mol. The van der Waals surface area contributed by atoms with E-state index >= 15 is 0 Å². The lowest BCUT2D eigenvalue weighted by Gasteiger charge is -2.31. The standard InChI is InChI=1S/C25H29N5O3/c26-25-29(11-3-10-28-12-14-33-15-13-28)21-8-7-19(24(31)32)16-22(21)30(25)17-20-5-1-4-18-6-2-9-27-23(18)20/h1-2,4-9,16,25H,3,10-15,17,26H2,(H,31,32). The second kappa shape index (κ2) is 9.35. The molecule has 1 saturated heterocycles. The zero-order valence-corrected chi connectivity index (χ0v) is 18.6. The molecule has 1 unspecified atom stereocenters. The highest BCUT2D eigenvalue weighted by Crippen LogP contribution is 2.40. The molecule has 3 N–H and O–H groups in total. The van der Waals surface area contributed by atoms with Crippen molar-refractivity contribution in [2.45, 2.75) is 19.3 Å². The first kappa shape index (κ1) is 21.6. The topological polar surface area (TPSA) is 95.2 Å². The third kappa shape index (κ3) is 4.37. The molecule has 3 heterocycles. The molecule has 0 bridgehead atoms. The van der Waals surface area contributed by atoms with Crippen LogP contribution in [-0.4, -0.2) is 66.6 Å². The molecule has 8 heteroatoms. The van der Waals surface area contributed by atoms with Gasteiger partial charge < -0.3 is 19.6 Å². The predicted molar refractivity (Wildman–Crippen MR) is 129 cm³/mol. The molecule has 0 radical (unpaired) electrons. The van der Waals surface area contributed by atoms with E-state index in [0.29, 0.717) is 6.54 Å². The summed E-state index contributed by atoms with van der Waals surface area (Å²) in [5, 5.41) is 10.6. The van der Waals surface area contributed by atoms with E-state index < -0.39 is 5.97 Å². The smallest absolute Gasteiger partial charge is 0.335 e. The lowest BCUT2D eigenvalue weighted by atomic mass is 10.1. The van der Waals surface area contributed by atoms with Crippen molar-refractivity contribution in [3.8, 4) is 0 Å². The molecule has 0 amide bonds. The van der Waals surface area contributed by atoms with Gasteiger partial charge in [0.2, 0.25) is 0 Å². The van der Waals surface area contributed by atoms with E-state index in [1.807, 2.05) is 30.3 Å². The van der Waals surface area contributed by atoms with Crippen LogP contribution in [0.1, 0.15) is 22.3 Å². The molecule has 5 rings (SSSR count). The number of carboxylic acids is 1. The first-order valence-electron chi connectivity index (χ1n) is 11.4. The van der Waals surface area contributed by atoms with Gasteiger partial charge in [0.25, 0.3) is 0 Å². The summed E-state index contributed by atoms with van der Waals surface area (Å²) in [5.41, 5.74) is 10.8. The molecule has 1 atom stereocenters. The number of benzene rings is 2. The lowest BCUT2D eigenvalue weighted by Crippen LogP contribution is -2.50. The van der Waals surface area contributed by atoms with Gasteiger partial charge >= 0.3 is 5.97 Å². The monoisotopic (exact) mass is 447 g/mol. The maximum absolute atomic E-state index is 11.7. The van der Waals surface area contributed by atoms with Gasteiger partial charge in [-0.2, -0.15) is 0 Å².